The third-order valence-corrected chi connectivity index (χ3v) is 5.79. The van der Waals surface area contributed by atoms with Crippen molar-refractivity contribution in [2.75, 3.05) is 13.0 Å². The van der Waals surface area contributed by atoms with Crippen LogP contribution in [0.25, 0.3) is 11.6 Å². The number of thioether (sulfide) groups is 1. The summed E-state index contributed by atoms with van der Waals surface area (Å²) >= 11 is 1.66. The predicted octanol–water partition coefficient (Wildman–Crippen LogP) is 4.09. The lowest BCUT2D eigenvalue weighted by Crippen LogP contribution is -2.24. The zero-order chi connectivity index (χ0) is 22.5. The Hall–Kier alpha value is -3.71. The zero-order valence-corrected chi connectivity index (χ0v) is 18.3. The van der Waals surface area contributed by atoms with Crippen molar-refractivity contribution < 1.29 is 19.1 Å². The van der Waals surface area contributed by atoms with Gasteiger partial charge in [-0.05, 0) is 65.4 Å². The van der Waals surface area contributed by atoms with E-state index in [1.54, 1.807) is 42.1 Å². The lowest BCUT2D eigenvalue weighted by Gasteiger charge is -2.11. The van der Waals surface area contributed by atoms with E-state index in [1.165, 1.54) is 0 Å². The summed E-state index contributed by atoms with van der Waals surface area (Å²) in [5, 5.41) is 2.96. The molecule has 0 saturated carbocycles. The van der Waals surface area contributed by atoms with E-state index >= 15 is 0 Å². The molecule has 32 heavy (non-hydrogen) atoms. The van der Waals surface area contributed by atoms with Crippen molar-refractivity contribution in [2.45, 2.75) is 11.4 Å². The normalized spacial score (nSPS) is 12.5. The summed E-state index contributed by atoms with van der Waals surface area (Å²) in [4.78, 5) is 25.6. The molecule has 0 fully saturated rings. The van der Waals surface area contributed by atoms with Gasteiger partial charge in [0.05, 0.1) is 0 Å². The number of amides is 2. The minimum absolute atomic E-state index is 0.168. The van der Waals surface area contributed by atoms with Gasteiger partial charge in [0.1, 0.15) is 0 Å². The van der Waals surface area contributed by atoms with Gasteiger partial charge >= 0.3 is 0 Å². The van der Waals surface area contributed by atoms with E-state index in [-0.39, 0.29) is 12.7 Å². The quantitative estimate of drug-likeness (QED) is 0.324. The summed E-state index contributed by atoms with van der Waals surface area (Å²) in [6.45, 7) is 0.479. The highest BCUT2D eigenvalue weighted by molar-refractivity contribution is 7.98. The molecule has 0 bridgehead atoms. The highest BCUT2D eigenvalue weighted by atomic mass is 32.2. The van der Waals surface area contributed by atoms with Crippen molar-refractivity contribution in [3.63, 3.8) is 0 Å². The van der Waals surface area contributed by atoms with Gasteiger partial charge in [0.15, 0.2) is 11.5 Å². The first-order valence-electron chi connectivity index (χ1n) is 9.96. The van der Waals surface area contributed by atoms with E-state index in [9.17, 15) is 9.59 Å². The lowest BCUT2D eigenvalue weighted by atomic mass is 10.0. The molecule has 0 saturated heterocycles. The van der Waals surface area contributed by atoms with Gasteiger partial charge in [-0.25, -0.2) is 0 Å². The molecular weight excluding hydrogens is 424 g/mol. The van der Waals surface area contributed by atoms with Crippen molar-refractivity contribution >= 4 is 35.2 Å². The van der Waals surface area contributed by atoms with Crippen molar-refractivity contribution in [1.29, 1.82) is 0 Å². The Morgan fingerprint density at radius 3 is 2.34 bits per heavy atom. The average Bonchev–Trinajstić information content (AvgIpc) is 3.29. The highest BCUT2D eigenvalue weighted by Crippen LogP contribution is 2.35. The van der Waals surface area contributed by atoms with Gasteiger partial charge in [-0.3, -0.25) is 9.59 Å². The number of rotatable bonds is 7. The van der Waals surface area contributed by atoms with Crippen LogP contribution < -0.4 is 20.5 Å². The van der Waals surface area contributed by atoms with Crippen LogP contribution in [-0.4, -0.2) is 24.9 Å². The third kappa shape index (κ3) is 4.95. The fourth-order valence-corrected chi connectivity index (χ4v) is 3.68. The van der Waals surface area contributed by atoms with Gasteiger partial charge in [0.2, 0.25) is 12.7 Å². The smallest absolute Gasteiger partial charge is 0.252 e. The number of nitrogens with two attached hydrogens (primary N) is 1. The summed E-state index contributed by atoms with van der Waals surface area (Å²) in [5.41, 5.74) is 8.72. The number of carbonyl (C=O) groups excluding carboxylic acids is 2. The van der Waals surface area contributed by atoms with Crippen LogP contribution in [-0.2, 0) is 11.3 Å². The zero-order valence-electron chi connectivity index (χ0n) is 17.5. The van der Waals surface area contributed by atoms with E-state index in [4.69, 9.17) is 15.2 Å². The molecule has 4 rings (SSSR count). The number of primary amides is 1. The molecule has 1 heterocycles. The van der Waals surface area contributed by atoms with Crippen LogP contribution in [0, 0.1) is 0 Å². The SMILES string of the molecule is CSc1ccc(/C=C(/C(=O)NCc2ccc(C(N)=O)cc2)c2ccc3c(c2)OCO3)cc1. The lowest BCUT2D eigenvalue weighted by molar-refractivity contribution is -0.115. The minimum Gasteiger partial charge on any atom is -0.454 e. The Labute approximate surface area is 190 Å². The molecule has 3 aromatic rings. The molecule has 6 nitrogen and oxygen atoms in total. The topological polar surface area (TPSA) is 90.7 Å². The number of nitrogens with one attached hydrogen (secondary N) is 1. The minimum atomic E-state index is -0.485. The van der Waals surface area contributed by atoms with Crippen molar-refractivity contribution in [2.24, 2.45) is 5.73 Å². The fourth-order valence-electron chi connectivity index (χ4n) is 3.28. The molecule has 0 spiro atoms. The van der Waals surface area contributed by atoms with E-state index in [1.807, 2.05) is 48.7 Å². The van der Waals surface area contributed by atoms with E-state index in [0.29, 0.717) is 29.2 Å². The third-order valence-electron chi connectivity index (χ3n) is 5.05. The van der Waals surface area contributed by atoms with Crippen LogP contribution in [0.4, 0.5) is 0 Å². The first-order valence-corrected chi connectivity index (χ1v) is 11.2. The molecule has 2 amide bonds. The van der Waals surface area contributed by atoms with E-state index < -0.39 is 5.91 Å². The van der Waals surface area contributed by atoms with E-state index in [2.05, 4.69) is 5.32 Å². The number of hydrogen-bond donors (Lipinski definition) is 2. The molecule has 0 atom stereocenters. The first-order chi connectivity index (χ1) is 15.5. The number of benzene rings is 3. The van der Waals surface area contributed by atoms with Gasteiger partial charge in [-0.15, -0.1) is 11.8 Å². The molecule has 0 unspecified atom stereocenters. The molecule has 162 valence electrons. The molecule has 0 radical (unpaired) electrons. The molecular formula is C25H22N2O4S. The van der Waals surface area contributed by atoms with Crippen molar-refractivity contribution in [3.05, 3.63) is 89.0 Å². The summed E-state index contributed by atoms with van der Waals surface area (Å²) in [7, 11) is 0. The van der Waals surface area contributed by atoms with Gasteiger partial charge in [-0.1, -0.05) is 30.3 Å². The maximum atomic E-state index is 13.2. The van der Waals surface area contributed by atoms with Gasteiger partial charge < -0.3 is 20.5 Å². The second kappa shape index (κ2) is 9.62. The fraction of sp³-hybridized carbons (Fsp3) is 0.120. The predicted molar refractivity (Wildman–Crippen MR) is 125 cm³/mol. The molecule has 0 aliphatic carbocycles. The Morgan fingerprint density at radius 2 is 1.66 bits per heavy atom. The Kier molecular flexibility index (Phi) is 6.47. The molecule has 0 aromatic heterocycles. The highest BCUT2D eigenvalue weighted by Gasteiger charge is 2.18. The van der Waals surface area contributed by atoms with Crippen LogP contribution in [0.15, 0.2) is 71.6 Å². The standard InChI is InChI=1S/C25H22N2O4S/c1-32-20-9-4-16(5-10-20)12-21(19-8-11-22-23(13-19)31-15-30-22)25(29)27-14-17-2-6-18(7-3-17)24(26)28/h2-13H,14-15H2,1H3,(H2,26,28)(H,27,29)/b21-12+. The number of fused-ring (bicyclic) bond motifs is 1. The summed E-state index contributed by atoms with van der Waals surface area (Å²) in [6.07, 6.45) is 3.87. The summed E-state index contributed by atoms with van der Waals surface area (Å²) in [6, 6.07) is 20.3. The maximum Gasteiger partial charge on any atom is 0.252 e. The summed E-state index contributed by atoms with van der Waals surface area (Å²) in [5.74, 6) is 0.561. The van der Waals surface area contributed by atoms with Crippen LogP contribution in [0.2, 0.25) is 0 Å². The molecule has 3 aromatic carbocycles. The molecule has 3 N–H and O–H groups in total. The number of carbonyl (C=O) groups is 2. The Morgan fingerprint density at radius 1 is 0.969 bits per heavy atom. The van der Waals surface area contributed by atoms with Crippen LogP contribution in [0.1, 0.15) is 27.0 Å². The first kappa shape index (κ1) is 21.5. The van der Waals surface area contributed by atoms with Crippen LogP contribution >= 0.6 is 11.8 Å². The Balaban J connectivity index is 1.59. The van der Waals surface area contributed by atoms with E-state index in [0.717, 1.165) is 21.6 Å². The van der Waals surface area contributed by atoms with Gasteiger partial charge in [0.25, 0.3) is 5.91 Å². The molecule has 1 aliphatic heterocycles. The Bertz CT molecular complexity index is 1170. The summed E-state index contributed by atoms with van der Waals surface area (Å²) < 4.78 is 10.9. The van der Waals surface area contributed by atoms with Crippen LogP contribution in [0.3, 0.4) is 0 Å². The molecule has 1 aliphatic rings. The van der Waals surface area contributed by atoms with Crippen molar-refractivity contribution in [1.82, 2.24) is 5.32 Å². The van der Waals surface area contributed by atoms with Crippen molar-refractivity contribution in [3.8, 4) is 11.5 Å². The largest absolute Gasteiger partial charge is 0.454 e. The number of ether oxygens (including phenoxy) is 2. The van der Waals surface area contributed by atoms with Gasteiger partial charge in [-0.2, -0.15) is 0 Å². The van der Waals surface area contributed by atoms with Gasteiger partial charge in [0, 0.05) is 22.6 Å². The molecule has 7 heteroatoms. The maximum absolute atomic E-state index is 13.2. The second-order valence-corrected chi connectivity index (χ2v) is 8.02. The monoisotopic (exact) mass is 446 g/mol. The average molecular weight is 447 g/mol. The van der Waals surface area contributed by atoms with Crippen LogP contribution in [0.5, 0.6) is 11.5 Å². The number of hydrogen-bond acceptors (Lipinski definition) is 5. The second-order valence-electron chi connectivity index (χ2n) is 7.14.